The molecule has 0 aliphatic heterocycles. The van der Waals surface area contributed by atoms with E-state index < -0.39 is 0 Å². The van der Waals surface area contributed by atoms with E-state index in [4.69, 9.17) is 0 Å². The van der Waals surface area contributed by atoms with Gasteiger partial charge in [-0.15, -0.1) is 0 Å². The molecular formula is C16H22O. The fraction of sp³-hybridized carbons (Fsp3) is 0.625. The zero-order chi connectivity index (χ0) is 11.7. The summed E-state index contributed by atoms with van der Waals surface area (Å²) in [6.07, 6.45) is 8.58. The van der Waals surface area contributed by atoms with Gasteiger partial charge in [-0.3, -0.25) is 0 Å². The molecule has 1 nitrogen and oxygen atoms in total. The molecule has 3 atom stereocenters. The molecule has 2 aliphatic rings. The largest absolute Gasteiger partial charge is 0.392 e. The highest BCUT2D eigenvalue weighted by atomic mass is 16.3. The van der Waals surface area contributed by atoms with Crippen molar-refractivity contribution in [1.29, 1.82) is 0 Å². The van der Waals surface area contributed by atoms with E-state index in [1.165, 1.54) is 44.1 Å². The van der Waals surface area contributed by atoms with Gasteiger partial charge in [0, 0.05) is 0 Å². The zero-order valence-electron chi connectivity index (χ0n) is 10.4. The highest BCUT2D eigenvalue weighted by Gasteiger charge is 2.46. The van der Waals surface area contributed by atoms with Crippen LogP contribution in [0.2, 0.25) is 0 Å². The fourth-order valence-electron chi connectivity index (χ4n) is 4.01. The van der Waals surface area contributed by atoms with Gasteiger partial charge in [0.15, 0.2) is 0 Å². The molecule has 0 radical (unpaired) electrons. The molecule has 0 saturated heterocycles. The van der Waals surface area contributed by atoms with E-state index in [9.17, 15) is 5.11 Å². The van der Waals surface area contributed by atoms with Crippen molar-refractivity contribution in [2.24, 2.45) is 11.3 Å². The summed E-state index contributed by atoms with van der Waals surface area (Å²) in [5.41, 5.74) is 1.54. The van der Waals surface area contributed by atoms with E-state index in [-0.39, 0.29) is 11.5 Å². The molecule has 2 saturated carbocycles. The number of fused-ring (bicyclic) bond motifs is 2. The van der Waals surface area contributed by atoms with Gasteiger partial charge in [0.2, 0.25) is 0 Å². The monoisotopic (exact) mass is 230 g/mol. The number of aliphatic hydroxyl groups excluding tert-OH is 1. The maximum absolute atomic E-state index is 10.6. The van der Waals surface area contributed by atoms with E-state index in [1.54, 1.807) is 0 Å². The van der Waals surface area contributed by atoms with Gasteiger partial charge in [-0.1, -0.05) is 43.2 Å². The van der Waals surface area contributed by atoms with E-state index in [0.717, 1.165) is 12.3 Å². The molecule has 92 valence electrons. The van der Waals surface area contributed by atoms with Crippen molar-refractivity contribution in [3.63, 3.8) is 0 Å². The molecular weight excluding hydrogens is 208 g/mol. The molecule has 2 aliphatic carbocycles. The molecule has 2 fully saturated rings. The van der Waals surface area contributed by atoms with Gasteiger partial charge in [0.25, 0.3) is 0 Å². The second kappa shape index (κ2) is 4.45. The van der Waals surface area contributed by atoms with Crippen LogP contribution in [-0.2, 0) is 6.42 Å². The summed E-state index contributed by atoms with van der Waals surface area (Å²) in [5.74, 6) is 0.911. The predicted octanol–water partition coefficient (Wildman–Crippen LogP) is 3.56. The Kier molecular flexibility index (Phi) is 2.96. The molecule has 0 heterocycles. The third kappa shape index (κ3) is 2.13. The number of aliphatic hydroxyl groups is 1. The fourth-order valence-corrected chi connectivity index (χ4v) is 4.01. The standard InChI is InChI=1S/C16H22O/c17-15(11-13-5-2-1-3-6-13)16-9-4-7-14(12-16)8-10-16/h1-3,5-6,14-15,17H,4,7-12H2. The first-order valence-corrected chi connectivity index (χ1v) is 7.00. The first-order chi connectivity index (χ1) is 8.28. The van der Waals surface area contributed by atoms with Crippen molar-refractivity contribution in [1.82, 2.24) is 0 Å². The molecule has 3 unspecified atom stereocenters. The van der Waals surface area contributed by atoms with E-state index in [2.05, 4.69) is 24.3 Å². The third-order valence-electron chi connectivity index (χ3n) is 5.01. The van der Waals surface area contributed by atoms with Crippen LogP contribution in [-0.4, -0.2) is 11.2 Å². The maximum atomic E-state index is 10.6. The van der Waals surface area contributed by atoms with Crippen LogP contribution in [0, 0.1) is 11.3 Å². The number of rotatable bonds is 3. The first-order valence-electron chi connectivity index (χ1n) is 7.00. The van der Waals surface area contributed by atoms with E-state index in [1.807, 2.05) is 6.07 Å². The van der Waals surface area contributed by atoms with Crippen LogP contribution in [0.25, 0.3) is 0 Å². The Labute approximate surface area is 104 Å². The Morgan fingerprint density at radius 1 is 1.18 bits per heavy atom. The maximum Gasteiger partial charge on any atom is 0.0636 e. The molecule has 1 aromatic carbocycles. The van der Waals surface area contributed by atoms with Crippen LogP contribution in [0.5, 0.6) is 0 Å². The lowest BCUT2D eigenvalue weighted by Gasteiger charge is -2.37. The molecule has 2 bridgehead atoms. The first kappa shape index (κ1) is 11.3. The zero-order valence-corrected chi connectivity index (χ0v) is 10.4. The Morgan fingerprint density at radius 2 is 2.00 bits per heavy atom. The van der Waals surface area contributed by atoms with Crippen molar-refractivity contribution >= 4 is 0 Å². The van der Waals surface area contributed by atoms with Crippen LogP contribution in [0.4, 0.5) is 0 Å². The second-order valence-electron chi connectivity index (χ2n) is 6.07. The molecule has 0 amide bonds. The van der Waals surface area contributed by atoms with E-state index >= 15 is 0 Å². The van der Waals surface area contributed by atoms with Gasteiger partial charge in [0.1, 0.15) is 0 Å². The minimum Gasteiger partial charge on any atom is -0.392 e. The van der Waals surface area contributed by atoms with Crippen LogP contribution in [0.1, 0.15) is 44.1 Å². The summed E-state index contributed by atoms with van der Waals surface area (Å²) in [7, 11) is 0. The summed E-state index contributed by atoms with van der Waals surface area (Å²) in [6.45, 7) is 0. The lowest BCUT2D eigenvalue weighted by molar-refractivity contribution is 0.00796. The molecule has 1 N–H and O–H groups in total. The highest BCUT2D eigenvalue weighted by Crippen LogP contribution is 2.53. The Hall–Kier alpha value is -0.820. The van der Waals surface area contributed by atoms with Crippen LogP contribution in [0.3, 0.4) is 0 Å². The van der Waals surface area contributed by atoms with Gasteiger partial charge in [-0.25, -0.2) is 0 Å². The summed E-state index contributed by atoms with van der Waals surface area (Å²) in [5, 5.41) is 10.6. The van der Waals surface area contributed by atoms with Crippen LogP contribution < -0.4 is 0 Å². The SMILES string of the molecule is OC(Cc1ccccc1)C12CCCC(CC1)C2. The lowest BCUT2D eigenvalue weighted by atomic mass is 9.70. The van der Waals surface area contributed by atoms with Crippen molar-refractivity contribution in [3.05, 3.63) is 35.9 Å². The molecule has 1 heteroatoms. The third-order valence-corrected chi connectivity index (χ3v) is 5.01. The summed E-state index contributed by atoms with van der Waals surface area (Å²) >= 11 is 0. The van der Waals surface area contributed by atoms with Gasteiger partial charge in [0.05, 0.1) is 6.10 Å². The molecule has 1 aromatic rings. The molecule has 0 spiro atoms. The number of hydrogen-bond acceptors (Lipinski definition) is 1. The summed E-state index contributed by atoms with van der Waals surface area (Å²) < 4.78 is 0. The second-order valence-corrected chi connectivity index (χ2v) is 6.07. The topological polar surface area (TPSA) is 20.2 Å². The quantitative estimate of drug-likeness (QED) is 0.841. The van der Waals surface area contributed by atoms with Crippen LogP contribution >= 0.6 is 0 Å². The minimum atomic E-state index is -0.129. The van der Waals surface area contributed by atoms with Crippen molar-refractivity contribution < 1.29 is 5.11 Å². The van der Waals surface area contributed by atoms with Gasteiger partial charge in [-0.05, 0) is 49.0 Å². The highest BCUT2D eigenvalue weighted by molar-refractivity contribution is 5.16. The molecule has 0 aromatic heterocycles. The van der Waals surface area contributed by atoms with Gasteiger partial charge in [-0.2, -0.15) is 0 Å². The Balaban J connectivity index is 1.72. The van der Waals surface area contributed by atoms with Gasteiger partial charge >= 0.3 is 0 Å². The minimum absolute atomic E-state index is 0.129. The number of benzene rings is 1. The van der Waals surface area contributed by atoms with E-state index in [0.29, 0.717) is 0 Å². The molecule has 3 rings (SSSR count). The van der Waals surface area contributed by atoms with Crippen molar-refractivity contribution in [2.75, 3.05) is 0 Å². The number of hydrogen-bond donors (Lipinski definition) is 1. The Bertz CT molecular complexity index is 368. The predicted molar refractivity (Wildman–Crippen MR) is 69.8 cm³/mol. The Morgan fingerprint density at radius 3 is 2.82 bits per heavy atom. The normalized spacial score (nSPS) is 33.6. The summed E-state index contributed by atoms with van der Waals surface area (Å²) in [6, 6.07) is 10.4. The average molecular weight is 230 g/mol. The molecule has 17 heavy (non-hydrogen) atoms. The van der Waals surface area contributed by atoms with Crippen molar-refractivity contribution in [3.8, 4) is 0 Å². The smallest absolute Gasteiger partial charge is 0.0636 e. The van der Waals surface area contributed by atoms with Gasteiger partial charge < -0.3 is 5.11 Å². The van der Waals surface area contributed by atoms with Crippen molar-refractivity contribution in [2.45, 2.75) is 51.0 Å². The van der Waals surface area contributed by atoms with Crippen LogP contribution in [0.15, 0.2) is 30.3 Å². The summed E-state index contributed by atoms with van der Waals surface area (Å²) in [4.78, 5) is 0. The average Bonchev–Trinajstić information content (AvgIpc) is 2.67. The lowest BCUT2D eigenvalue weighted by Crippen LogP contribution is -2.36.